The van der Waals surface area contributed by atoms with E-state index in [1.54, 1.807) is 18.2 Å². The zero-order chi connectivity index (χ0) is 20.3. The van der Waals surface area contributed by atoms with Gasteiger partial charge in [-0.15, -0.1) is 0 Å². The topological polar surface area (TPSA) is 123 Å². The van der Waals surface area contributed by atoms with Gasteiger partial charge in [-0.05, 0) is 25.0 Å². The molecule has 0 bridgehead atoms. The van der Waals surface area contributed by atoms with Gasteiger partial charge in [-0.2, -0.15) is 4.31 Å². The quantitative estimate of drug-likeness (QED) is 0.712. The number of fused-ring (bicyclic) bond motifs is 1. The molecule has 2 N–H and O–H groups in total. The number of carbonyl (C=O) groups is 1. The van der Waals surface area contributed by atoms with Crippen LogP contribution in [0, 0.1) is 0 Å². The Bertz CT molecular complexity index is 799. The number of hydrogen-bond donors (Lipinski definition) is 2. The molecule has 0 saturated carbocycles. The van der Waals surface area contributed by atoms with Gasteiger partial charge in [0, 0.05) is 6.54 Å². The molecule has 9 nitrogen and oxygen atoms in total. The Balaban J connectivity index is 1.93. The van der Waals surface area contributed by atoms with Crippen LogP contribution < -0.4 is 4.74 Å². The predicted molar refractivity (Wildman–Crippen MR) is 97.6 cm³/mol. The number of aliphatic carboxylic acids is 1. The molecule has 2 aliphatic rings. The van der Waals surface area contributed by atoms with E-state index in [9.17, 15) is 18.3 Å². The number of rotatable bonds is 5. The fraction of sp³-hybridized carbons (Fsp3) is 0.611. The number of aliphatic hydroxyl groups is 1. The van der Waals surface area contributed by atoms with Gasteiger partial charge in [0.2, 0.25) is 10.0 Å². The zero-order valence-corrected chi connectivity index (χ0v) is 16.4. The van der Waals surface area contributed by atoms with E-state index in [2.05, 4.69) is 0 Å². The summed E-state index contributed by atoms with van der Waals surface area (Å²) in [5.74, 6) is -0.753. The monoisotopic (exact) mass is 415 g/mol. The van der Waals surface area contributed by atoms with Crippen molar-refractivity contribution in [2.45, 2.75) is 48.5 Å². The standard InChI is InChI=1S/C18H25NO8S/c1-25-15-4-2-3-5-17(15)28(23,24)19-9-12(20)10-26-11-16-14(19)7-6-13(27-16)8-18(21)22/h2-5,12-14,16,20H,6-11H2,1H3,(H,21,22)/t12-,13+,14-,16+/m1/s1. The minimum Gasteiger partial charge on any atom is -0.495 e. The summed E-state index contributed by atoms with van der Waals surface area (Å²) < 4.78 is 44.7. The minimum atomic E-state index is -3.99. The first kappa shape index (κ1) is 21.0. The lowest BCUT2D eigenvalue weighted by Gasteiger charge is -2.43. The van der Waals surface area contributed by atoms with Gasteiger partial charge in [0.15, 0.2) is 0 Å². The Morgan fingerprint density at radius 2 is 2.04 bits per heavy atom. The summed E-state index contributed by atoms with van der Waals surface area (Å²) in [6, 6.07) is 5.74. The molecule has 2 heterocycles. The highest BCUT2D eigenvalue weighted by Crippen LogP contribution is 2.34. The van der Waals surface area contributed by atoms with Crippen molar-refractivity contribution in [3.63, 3.8) is 0 Å². The summed E-state index contributed by atoms with van der Waals surface area (Å²) in [5, 5.41) is 19.2. The smallest absolute Gasteiger partial charge is 0.305 e. The summed E-state index contributed by atoms with van der Waals surface area (Å²) in [5.41, 5.74) is 0. The fourth-order valence-corrected chi connectivity index (χ4v) is 5.60. The maximum atomic E-state index is 13.4. The van der Waals surface area contributed by atoms with E-state index in [1.165, 1.54) is 17.5 Å². The third kappa shape index (κ3) is 4.47. The second-order valence-corrected chi connectivity index (χ2v) is 8.81. The highest BCUT2D eigenvalue weighted by Gasteiger charge is 2.43. The Morgan fingerprint density at radius 1 is 1.29 bits per heavy atom. The molecule has 156 valence electrons. The molecule has 2 aliphatic heterocycles. The number of nitrogens with zero attached hydrogens (tertiary/aromatic N) is 1. The van der Waals surface area contributed by atoms with Crippen LogP contribution in [-0.2, 0) is 24.3 Å². The molecule has 4 atom stereocenters. The second kappa shape index (κ2) is 8.75. The zero-order valence-electron chi connectivity index (χ0n) is 15.6. The molecule has 0 amide bonds. The lowest BCUT2D eigenvalue weighted by atomic mass is 9.96. The number of para-hydroxylation sites is 1. The lowest BCUT2D eigenvalue weighted by Crippen LogP contribution is -2.57. The van der Waals surface area contributed by atoms with E-state index < -0.39 is 40.3 Å². The summed E-state index contributed by atoms with van der Waals surface area (Å²) in [4.78, 5) is 11.0. The number of sulfonamides is 1. The maximum Gasteiger partial charge on any atom is 0.305 e. The van der Waals surface area contributed by atoms with E-state index in [1.807, 2.05) is 0 Å². The third-order valence-corrected chi connectivity index (χ3v) is 6.92. The van der Waals surface area contributed by atoms with E-state index in [0.717, 1.165) is 0 Å². The van der Waals surface area contributed by atoms with Gasteiger partial charge in [0.05, 0.1) is 51.1 Å². The average Bonchev–Trinajstić information content (AvgIpc) is 2.64. The maximum absolute atomic E-state index is 13.4. The van der Waals surface area contributed by atoms with Gasteiger partial charge in [-0.3, -0.25) is 4.79 Å². The summed E-state index contributed by atoms with van der Waals surface area (Å²) in [6.07, 6.45) is -1.43. The molecule has 2 fully saturated rings. The summed E-state index contributed by atoms with van der Waals surface area (Å²) in [6.45, 7) is -0.0988. The first-order valence-electron chi connectivity index (χ1n) is 9.11. The average molecular weight is 415 g/mol. The van der Waals surface area contributed by atoms with Crippen LogP contribution in [0.15, 0.2) is 29.2 Å². The molecular formula is C18H25NO8S. The second-order valence-electron chi connectivity index (χ2n) is 6.96. The highest BCUT2D eigenvalue weighted by molar-refractivity contribution is 7.89. The number of carboxylic acid groups (broad SMARTS) is 1. The van der Waals surface area contributed by atoms with Crippen molar-refractivity contribution in [3.05, 3.63) is 24.3 Å². The first-order chi connectivity index (χ1) is 13.3. The van der Waals surface area contributed by atoms with Crippen molar-refractivity contribution < 1.29 is 37.6 Å². The van der Waals surface area contributed by atoms with Crippen LogP contribution >= 0.6 is 0 Å². The van der Waals surface area contributed by atoms with Gasteiger partial charge in [0.1, 0.15) is 10.6 Å². The number of carboxylic acids is 1. The molecule has 0 radical (unpaired) electrons. The molecule has 0 unspecified atom stereocenters. The van der Waals surface area contributed by atoms with Crippen molar-refractivity contribution in [2.75, 3.05) is 26.9 Å². The molecule has 0 aliphatic carbocycles. The number of aliphatic hydroxyl groups excluding tert-OH is 1. The number of ether oxygens (including phenoxy) is 3. The molecule has 10 heteroatoms. The predicted octanol–water partition coefficient (Wildman–Crippen LogP) is 0.468. The van der Waals surface area contributed by atoms with Gasteiger partial charge < -0.3 is 24.4 Å². The SMILES string of the molecule is COc1ccccc1S(=O)(=O)N1C[C@@H](O)COC[C@@H]2O[C@H](CC(=O)O)CC[C@H]21. The van der Waals surface area contributed by atoms with Crippen molar-refractivity contribution >= 4 is 16.0 Å². The minimum absolute atomic E-state index is 0.0117. The van der Waals surface area contributed by atoms with Gasteiger partial charge in [-0.25, -0.2) is 8.42 Å². The largest absolute Gasteiger partial charge is 0.495 e. The number of benzene rings is 1. The van der Waals surface area contributed by atoms with Crippen LogP contribution in [0.3, 0.4) is 0 Å². The van der Waals surface area contributed by atoms with Crippen LogP contribution in [0.2, 0.25) is 0 Å². The van der Waals surface area contributed by atoms with Crippen LogP contribution in [0.25, 0.3) is 0 Å². The summed E-state index contributed by atoms with van der Waals surface area (Å²) in [7, 11) is -2.60. The van der Waals surface area contributed by atoms with Crippen LogP contribution in [0.4, 0.5) is 0 Å². The van der Waals surface area contributed by atoms with Gasteiger partial charge in [0.25, 0.3) is 0 Å². The molecule has 2 saturated heterocycles. The van der Waals surface area contributed by atoms with Crippen molar-refractivity contribution in [3.8, 4) is 5.75 Å². The lowest BCUT2D eigenvalue weighted by molar-refractivity contribution is -0.155. The van der Waals surface area contributed by atoms with Crippen molar-refractivity contribution in [2.24, 2.45) is 0 Å². The normalized spacial score (nSPS) is 29.4. The Kier molecular flexibility index (Phi) is 6.56. The molecule has 0 aromatic heterocycles. The molecular weight excluding hydrogens is 390 g/mol. The van der Waals surface area contributed by atoms with E-state index in [0.29, 0.717) is 12.8 Å². The van der Waals surface area contributed by atoms with Crippen molar-refractivity contribution in [1.82, 2.24) is 4.31 Å². The van der Waals surface area contributed by atoms with E-state index >= 15 is 0 Å². The van der Waals surface area contributed by atoms with E-state index in [4.69, 9.17) is 19.3 Å². The van der Waals surface area contributed by atoms with Gasteiger partial charge in [-0.1, -0.05) is 12.1 Å². The number of methoxy groups -OCH3 is 1. The Labute approximate surface area is 163 Å². The van der Waals surface area contributed by atoms with Crippen LogP contribution in [-0.4, -0.2) is 80.1 Å². The number of hydrogen-bond acceptors (Lipinski definition) is 7. The Hall–Kier alpha value is -1.72. The van der Waals surface area contributed by atoms with Crippen molar-refractivity contribution in [1.29, 1.82) is 0 Å². The molecule has 0 spiro atoms. The molecule has 28 heavy (non-hydrogen) atoms. The van der Waals surface area contributed by atoms with Crippen LogP contribution in [0.5, 0.6) is 5.75 Å². The summed E-state index contributed by atoms with van der Waals surface area (Å²) >= 11 is 0. The molecule has 1 aromatic rings. The van der Waals surface area contributed by atoms with Gasteiger partial charge >= 0.3 is 5.97 Å². The van der Waals surface area contributed by atoms with E-state index in [-0.39, 0.29) is 36.8 Å². The highest BCUT2D eigenvalue weighted by atomic mass is 32.2. The third-order valence-electron chi connectivity index (χ3n) is 4.99. The number of β-amino-alcohol motifs (C(OH)–C–C–N with tert-alkyl or cyclic N) is 1. The fourth-order valence-electron chi connectivity index (χ4n) is 3.72. The first-order valence-corrected chi connectivity index (χ1v) is 10.5. The van der Waals surface area contributed by atoms with Crippen LogP contribution in [0.1, 0.15) is 19.3 Å². The molecule has 1 aromatic carbocycles. The Morgan fingerprint density at radius 3 is 2.75 bits per heavy atom. The molecule has 3 rings (SSSR count).